The Labute approximate surface area is 157 Å². The van der Waals surface area contributed by atoms with Crippen molar-refractivity contribution in [2.75, 3.05) is 17.7 Å². The number of anilines is 2. The summed E-state index contributed by atoms with van der Waals surface area (Å²) in [5.74, 6) is -0.887. The summed E-state index contributed by atoms with van der Waals surface area (Å²) in [6.45, 7) is 4.74. The molecular weight excluding hydrogens is 348 g/mol. The first kappa shape index (κ1) is 20.0. The minimum absolute atomic E-state index is 0.231. The molecule has 0 fully saturated rings. The fourth-order valence-corrected chi connectivity index (χ4v) is 2.36. The van der Waals surface area contributed by atoms with Crippen LogP contribution in [0, 0.1) is 6.92 Å². The van der Waals surface area contributed by atoms with Crippen LogP contribution in [0.3, 0.4) is 0 Å². The predicted octanol–water partition coefficient (Wildman–Crippen LogP) is 3.15. The van der Waals surface area contributed by atoms with E-state index in [1.807, 2.05) is 13.0 Å². The van der Waals surface area contributed by atoms with Gasteiger partial charge < -0.3 is 20.1 Å². The van der Waals surface area contributed by atoms with E-state index in [-0.39, 0.29) is 11.5 Å². The second-order valence-corrected chi connectivity index (χ2v) is 6.00. The molecule has 7 nitrogen and oxygen atoms in total. The molecule has 1 unspecified atom stereocenters. The van der Waals surface area contributed by atoms with Gasteiger partial charge in [-0.15, -0.1) is 0 Å². The van der Waals surface area contributed by atoms with Gasteiger partial charge in [0.25, 0.3) is 5.91 Å². The molecule has 0 spiro atoms. The van der Waals surface area contributed by atoms with Crippen molar-refractivity contribution in [1.82, 2.24) is 0 Å². The third-order valence-corrected chi connectivity index (χ3v) is 3.68. The molecule has 7 heteroatoms. The van der Waals surface area contributed by atoms with E-state index in [4.69, 9.17) is 9.47 Å². The van der Waals surface area contributed by atoms with E-state index in [9.17, 15) is 14.4 Å². The van der Waals surface area contributed by atoms with Crippen molar-refractivity contribution < 1.29 is 23.9 Å². The molecule has 2 aromatic carbocycles. The number of benzene rings is 2. The predicted molar refractivity (Wildman–Crippen MR) is 102 cm³/mol. The lowest BCUT2D eigenvalue weighted by molar-refractivity contribution is -0.123. The van der Waals surface area contributed by atoms with Crippen LogP contribution < -0.4 is 15.4 Å². The zero-order valence-corrected chi connectivity index (χ0v) is 15.7. The molecule has 2 aromatic rings. The number of rotatable bonds is 6. The number of hydrogen-bond donors (Lipinski definition) is 2. The Morgan fingerprint density at radius 1 is 1.04 bits per heavy atom. The van der Waals surface area contributed by atoms with Crippen molar-refractivity contribution in [3.05, 3.63) is 53.6 Å². The highest BCUT2D eigenvalue weighted by Gasteiger charge is 2.20. The molecule has 2 N–H and O–H groups in total. The highest BCUT2D eigenvalue weighted by atomic mass is 16.5. The molecule has 0 heterocycles. The Morgan fingerprint density at radius 2 is 1.78 bits per heavy atom. The Morgan fingerprint density at radius 3 is 2.44 bits per heavy atom. The van der Waals surface area contributed by atoms with E-state index in [0.717, 1.165) is 5.56 Å². The fourth-order valence-electron chi connectivity index (χ4n) is 2.36. The molecule has 2 amide bonds. The standard InChI is InChI=1S/C20H22N2O5/c1-12-8-9-18(26-4)17(10-12)22-19(24)13(2)27-20(25)15-6-5-7-16(11-15)21-14(3)23/h5-11,13H,1-4H3,(H,21,23)(H,22,24). The molecule has 0 bridgehead atoms. The van der Waals surface area contributed by atoms with Crippen molar-refractivity contribution in [3.8, 4) is 5.75 Å². The summed E-state index contributed by atoms with van der Waals surface area (Å²) in [4.78, 5) is 35.8. The second kappa shape index (κ2) is 8.84. The summed E-state index contributed by atoms with van der Waals surface area (Å²) >= 11 is 0. The zero-order valence-electron chi connectivity index (χ0n) is 15.7. The van der Waals surface area contributed by atoms with E-state index < -0.39 is 18.0 Å². The van der Waals surface area contributed by atoms with Crippen LogP contribution in [-0.4, -0.2) is 31.0 Å². The number of carbonyl (C=O) groups is 3. The molecule has 0 radical (unpaired) electrons. The van der Waals surface area contributed by atoms with Crippen molar-refractivity contribution in [1.29, 1.82) is 0 Å². The lowest BCUT2D eigenvalue weighted by Crippen LogP contribution is -2.30. The number of carbonyl (C=O) groups excluding carboxylic acids is 3. The smallest absolute Gasteiger partial charge is 0.338 e. The Kier molecular flexibility index (Phi) is 6.54. The Bertz CT molecular complexity index is 863. The number of nitrogens with one attached hydrogen (secondary N) is 2. The molecule has 0 aromatic heterocycles. The summed E-state index contributed by atoms with van der Waals surface area (Å²) in [6.07, 6.45) is -1.02. The first-order chi connectivity index (χ1) is 12.8. The molecule has 0 saturated carbocycles. The molecule has 0 saturated heterocycles. The minimum Gasteiger partial charge on any atom is -0.495 e. The highest BCUT2D eigenvalue weighted by molar-refractivity contribution is 5.99. The third-order valence-electron chi connectivity index (χ3n) is 3.68. The first-order valence-corrected chi connectivity index (χ1v) is 8.34. The maximum atomic E-state index is 12.4. The zero-order chi connectivity index (χ0) is 20.0. The average molecular weight is 370 g/mol. The fraction of sp³-hybridized carbons (Fsp3) is 0.250. The highest BCUT2D eigenvalue weighted by Crippen LogP contribution is 2.25. The third kappa shape index (κ3) is 5.57. The number of aryl methyl sites for hydroxylation is 1. The van der Waals surface area contributed by atoms with Crippen molar-refractivity contribution in [3.63, 3.8) is 0 Å². The molecule has 142 valence electrons. The van der Waals surface area contributed by atoms with Gasteiger partial charge in [-0.3, -0.25) is 9.59 Å². The molecule has 0 aliphatic carbocycles. The van der Waals surface area contributed by atoms with Gasteiger partial charge in [0.2, 0.25) is 5.91 Å². The van der Waals surface area contributed by atoms with Gasteiger partial charge >= 0.3 is 5.97 Å². The molecule has 1 atom stereocenters. The normalized spacial score (nSPS) is 11.3. The summed E-state index contributed by atoms with van der Waals surface area (Å²) < 4.78 is 10.4. The van der Waals surface area contributed by atoms with Crippen LogP contribution in [0.5, 0.6) is 5.75 Å². The van der Waals surface area contributed by atoms with Gasteiger partial charge in [-0.05, 0) is 49.7 Å². The van der Waals surface area contributed by atoms with Crippen LogP contribution in [0.25, 0.3) is 0 Å². The van der Waals surface area contributed by atoms with E-state index in [2.05, 4.69) is 10.6 Å². The SMILES string of the molecule is COc1ccc(C)cc1NC(=O)C(C)OC(=O)c1cccc(NC(C)=O)c1. The summed E-state index contributed by atoms with van der Waals surface area (Å²) in [6, 6.07) is 11.7. The summed E-state index contributed by atoms with van der Waals surface area (Å²) in [5, 5.41) is 5.29. The number of amides is 2. The lowest BCUT2D eigenvalue weighted by Gasteiger charge is -2.16. The minimum atomic E-state index is -1.02. The van der Waals surface area contributed by atoms with Gasteiger partial charge in [-0.25, -0.2) is 4.79 Å². The van der Waals surface area contributed by atoms with Crippen LogP contribution >= 0.6 is 0 Å². The average Bonchev–Trinajstić information content (AvgIpc) is 2.61. The Hall–Kier alpha value is -3.35. The quantitative estimate of drug-likeness (QED) is 0.762. The van der Waals surface area contributed by atoms with Crippen molar-refractivity contribution in [2.45, 2.75) is 26.9 Å². The van der Waals surface area contributed by atoms with Gasteiger partial charge in [0.15, 0.2) is 6.10 Å². The van der Waals surface area contributed by atoms with Gasteiger partial charge in [0.05, 0.1) is 18.4 Å². The molecule has 2 rings (SSSR count). The van der Waals surface area contributed by atoms with Gasteiger partial charge in [0.1, 0.15) is 5.75 Å². The Balaban J connectivity index is 2.05. The van der Waals surface area contributed by atoms with Crippen LogP contribution in [0.1, 0.15) is 29.8 Å². The summed E-state index contributed by atoms with van der Waals surface area (Å²) in [7, 11) is 1.51. The number of esters is 1. The van der Waals surface area contributed by atoms with E-state index >= 15 is 0 Å². The monoisotopic (exact) mass is 370 g/mol. The second-order valence-electron chi connectivity index (χ2n) is 6.00. The molecule has 27 heavy (non-hydrogen) atoms. The van der Waals surface area contributed by atoms with Gasteiger partial charge in [0, 0.05) is 12.6 Å². The lowest BCUT2D eigenvalue weighted by atomic mass is 10.2. The van der Waals surface area contributed by atoms with Gasteiger partial charge in [-0.2, -0.15) is 0 Å². The summed E-state index contributed by atoms with van der Waals surface area (Å²) in [5.41, 5.74) is 2.15. The van der Waals surface area contributed by atoms with E-state index in [1.165, 1.54) is 27.0 Å². The molecule has 0 aliphatic heterocycles. The topological polar surface area (TPSA) is 93.7 Å². The maximum Gasteiger partial charge on any atom is 0.338 e. The number of hydrogen-bond acceptors (Lipinski definition) is 5. The largest absolute Gasteiger partial charge is 0.495 e. The number of methoxy groups -OCH3 is 1. The van der Waals surface area contributed by atoms with E-state index in [1.54, 1.807) is 30.3 Å². The van der Waals surface area contributed by atoms with E-state index in [0.29, 0.717) is 17.1 Å². The van der Waals surface area contributed by atoms with Gasteiger partial charge in [-0.1, -0.05) is 12.1 Å². The van der Waals surface area contributed by atoms with Crippen LogP contribution in [0.4, 0.5) is 11.4 Å². The van der Waals surface area contributed by atoms with Crippen LogP contribution in [-0.2, 0) is 14.3 Å². The number of ether oxygens (including phenoxy) is 2. The van der Waals surface area contributed by atoms with Crippen LogP contribution in [0.2, 0.25) is 0 Å². The first-order valence-electron chi connectivity index (χ1n) is 8.34. The molecule has 0 aliphatic rings. The van der Waals surface area contributed by atoms with Crippen LogP contribution in [0.15, 0.2) is 42.5 Å². The van der Waals surface area contributed by atoms with Crippen molar-refractivity contribution in [2.24, 2.45) is 0 Å². The molecular formula is C20H22N2O5. The van der Waals surface area contributed by atoms with Crippen molar-refractivity contribution >= 4 is 29.2 Å². The maximum absolute atomic E-state index is 12.4.